The van der Waals surface area contributed by atoms with E-state index < -0.39 is 5.97 Å². The second-order valence-electron chi connectivity index (χ2n) is 7.67. The number of nitrogens with zero attached hydrogens (tertiary/aromatic N) is 2. The summed E-state index contributed by atoms with van der Waals surface area (Å²) in [4.78, 5) is 27.5. The molecule has 0 aromatic heterocycles. The average molecular weight is 396 g/mol. The highest BCUT2D eigenvalue weighted by Crippen LogP contribution is 2.41. The maximum Gasteiger partial charge on any atom is 0.317 e. The fourth-order valence-corrected chi connectivity index (χ4v) is 4.14. The number of nitrogens with one attached hydrogen (secondary N) is 1. The molecule has 6 nitrogen and oxygen atoms in total. The molecule has 1 aliphatic heterocycles. The summed E-state index contributed by atoms with van der Waals surface area (Å²) in [6.07, 6.45) is 4.97. The highest BCUT2D eigenvalue weighted by Gasteiger charge is 2.40. The lowest BCUT2D eigenvalue weighted by Crippen LogP contribution is -2.54. The van der Waals surface area contributed by atoms with Gasteiger partial charge in [-0.25, -0.2) is 0 Å². The second-order valence-corrected chi connectivity index (χ2v) is 7.67. The van der Waals surface area contributed by atoms with Gasteiger partial charge in [0.2, 0.25) is 5.91 Å². The Balaban J connectivity index is 0.00000261. The first-order chi connectivity index (χ1) is 12.5. The lowest BCUT2D eigenvalue weighted by molar-refractivity contribution is -0.138. The Morgan fingerprint density at radius 1 is 1.22 bits per heavy atom. The number of carboxylic acid groups (broad SMARTS) is 1. The van der Waals surface area contributed by atoms with Gasteiger partial charge in [-0.3, -0.25) is 19.4 Å². The molecule has 2 N–H and O–H groups in total. The van der Waals surface area contributed by atoms with Crippen molar-refractivity contribution in [2.24, 2.45) is 0 Å². The van der Waals surface area contributed by atoms with Crippen molar-refractivity contribution in [1.29, 1.82) is 0 Å². The number of hydrogen-bond acceptors (Lipinski definition) is 4. The summed E-state index contributed by atoms with van der Waals surface area (Å²) >= 11 is 0. The van der Waals surface area contributed by atoms with Gasteiger partial charge in [-0.05, 0) is 44.7 Å². The van der Waals surface area contributed by atoms with Crippen molar-refractivity contribution in [3.05, 3.63) is 35.9 Å². The van der Waals surface area contributed by atoms with Gasteiger partial charge in [0.1, 0.15) is 0 Å². The first-order valence-corrected chi connectivity index (χ1v) is 9.49. The second kappa shape index (κ2) is 9.53. The summed E-state index contributed by atoms with van der Waals surface area (Å²) in [6, 6.07) is 10.5. The number of carbonyl (C=O) groups is 2. The summed E-state index contributed by atoms with van der Waals surface area (Å²) in [5.41, 5.74) is 1.02. The van der Waals surface area contributed by atoms with Crippen molar-refractivity contribution in [2.75, 3.05) is 33.2 Å². The SMILES string of the molecule is CN(CC(=O)O)C1CCN(CC(=O)NC2(c3ccccc3)CCC2)CC1.Cl. The van der Waals surface area contributed by atoms with E-state index in [2.05, 4.69) is 22.3 Å². The van der Waals surface area contributed by atoms with Crippen molar-refractivity contribution >= 4 is 24.3 Å². The van der Waals surface area contributed by atoms with Gasteiger partial charge in [-0.2, -0.15) is 0 Å². The van der Waals surface area contributed by atoms with Crippen LogP contribution in [-0.2, 0) is 15.1 Å². The Morgan fingerprint density at radius 2 is 1.85 bits per heavy atom. The molecule has 150 valence electrons. The van der Waals surface area contributed by atoms with Crippen LogP contribution in [0.2, 0.25) is 0 Å². The van der Waals surface area contributed by atoms with Gasteiger partial charge >= 0.3 is 5.97 Å². The molecule has 0 atom stereocenters. The maximum atomic E-state index is 12.6. The van der Waals surface area contributed by atoms with Crippen molar-refractivity contribution in [3.8, 4) is 0 Å². The maximum absolute atomic E-state index is 12.6. The van der Waals surface area contributed by atoms with Crippen LogP contribution in [0.15, 0.2) is 30.3 Å². The third kappa shape index (κ3) is 5.43. The number of carbonyl (C=O) groups excluding carboxylic acids is 1. The molecular weight excluding hydrogens is 366 g/mol. The minimum Gasteiger partial charge on any atom is -0.480 e. The quantitative estimate of drug-likeness (QED) is 0.739. The summed E-state index contributed by atoms with van der Waals surface area (Å²) in [5.74, 6) is -0.702. The highest BCUT2D eigenvalue weighted by atomic mass is 35.5. The molecule has 0 spiro atoms. The van der Waals surface area contributed by atoms with Gasteiger partial charge in [-0.15, -0.1) is 12.4 Å². The third-order valence-electron chi connectivity index (χ3n) is 5.84. The first-order valence-electron chi connectivity index (χ1n) is 9.49. The van der Waals surface area contributed by atoms with E-state index in [-0.39, 0.29) is 36.4 Å². The number of likely N-dealkylation sites (tertiary alicyclic amines) is 1. The van der Waals surface area contributed by atoms with E-state index >= 15 is 0 Å². The fraction of sp³-hybridized carbons (Fsp3) is 0.600. The van der Waals surface area contributed by atoms with Crippen molar-refractivity contribution < 1.29 is 14.7 Å². The van der Waals surface area contributed by atoms with E-state index in [4.69, 9.17) is 5.11 Å². The smallest absolute Gasteiger partial charge is 0.317 e. The van der Waals surface area contributed by atoms with Crippen molar-refractivity contribution in [3.63, 3.8) is 0 Å². The van der Waals surface area contributed by atoms with Gasteiger partial charge in [0.05, 0.1) is 18.6 Å². The fourth-order valence-electron chi connectivity index (χ4n) is 4.14. The van der Waals surface area contributed by atoms with Crippen LogP contribution in [0.1, 0.15) is 37.7 Å². The molecule has 1 saturated heterocycles. The standard InChI is InChI=1S/C20H29N3O3.ClH/c1-22(15-19(25)26)17-8-12-23(13-9-17)14-18(24)21-20(10-5-11-20)16-6-3-2-4-7-16;/h2-4,6-7,17H,5,8-15H2,1H3,(H,21,24)(H,25,26);1H. The van der Waals surface area contributed by atoms with Crippen LogP contribution in [0, 0.1) is 0 Å². The molecular formula is C20H30ClN3O3. The number of benzene rings is 1. The number of rotatable bonds is 7. The van der Waals surface area contributed by atoms with Gasteiger partial charge in [-0.1, -0.05) is 30.3 Å². The summed E-state index contributed by atoms with van der Waals surface area (Å²) in [6.45, 7) is 2.16. The Hall–Kier alpha value is -1.63. The molecule has 2 fully saturated rings. The normalized spacial score (nSPS) is 19.8. The lowest BCUT2D eigenvalue weighted by atomic mass is 9.72. The van der Waals surface area contributed by atoms with Crippen LogP contribution < -0.4 is 5.32 Å². The topological polar surface area (TPSA) is 72.9 Å². The summed E-state index contributed by atoms with van der Waals surface area (Å²) < 4.78 is 0. The molecule has 1 aromatic carbocycles. The molecule has 1 aliphatic carbocycles. The Bertz CT molecular complexity index is 629. The number of amides is 1. The van der Waals surface area contributed by atoms with E-state index in [9.17, 15) is 9.59 Å². The molecule has 1 saturated carbocycles. The van der Waals surface area contributed by atoms with Crippen LogP contribution in [0.3, 0.4) is 0 Å². The highest BCUT2D eigenvalue weighted by molar-refractivity contribution is 5.85. The molecule has 0 bridgehead atoms. The number of piperidine rings is 1. The van der Waals surface area contributed by atoms with E-state index in [1.54, 1.807) is 0 Å². The Kier molecular flexibility index (Phi) is 7.65. The molecule has 27 heavy (non-hydrogen) atoms. The van der Waals surface area contributed by atoms with Gasteiger partial charge in [0.15, 0.2) is 0 Å². The first kappa shape index (κ1) is 21.7. The zero-order valence-corrected chi connectivity index (χ0v) is 16.7. The number of carboxylic acids is 1. The number of likely N-dealkylation sites (N-methyl/N-ethyl adjacent to an activating group) is 1. The zero-order valence-electron chi connectivity index (χ0n) is 15.9. The number of hydrogen-bond donors (Lipinski definition) is 2. The van der Waals surface area contributed by atoms with Crippen LogP contribution in [-0.4, -0.2) is 66.1 Å². The Labute approximate surface area is 167 Å². The minimum absolute atomic E-state index is 0. The van der Waals surface area contributed by atoms with Crippen LogP contribution >= 0.6 is 12.4 Å². The van der Waals surface area contributed by atoms with Crippen LogP contribution in [0.25, 0.3) is 0 Å². The van der Waals surface area contributed by atoms with Crippen molar-refractivity contribution in [2.45, 2.75) is 43.7 Å². The zero-order chi connectivity index (χ0) is 18.6. The summed E-state index contributed by atoms with van der Waals surface area (Å²) in [7, 11) is 1.86. The number of aliphatic carboxylic acids is 1. The largest absolute Gasteiger partial charge is 0.480 e. The molecule has 0 radical (unpaired) electrons. The van der Waals surface area contributed by atoms with E-state index in [1.165, 1.54) is 5.56 Å². The summed E-state index contributed by atoms with van der Waals surface area (Å²) in [5, 5.41) is 12.2. The molecule has 1 heterocycles. The van der Waals surface area contributed by atoms with Crippen LogP contribution in [0.5, 0.6) is 0 Å². The van der Waals surface area contributed by atoms with Gasteiger partial charge < -0.3 is 10.4 Å². The molecule has 0 unspecified atom stereocenters. The average Bonchev–Trinajstić information content (AvgIpc) is 2.59. The van der Waals surface area contributed by atoms with E-state index in [1.807, 2.05) is 30.1 Å². The monoisotopic (exact) mass is 395 g/mol. The molecule has 2 aliphatic rings. The molecule has 7 heteroatoms. The predicted octanol–water partition coefficient (Wildman–Crippen LogP) is 2.08. The Morgan fingerprint density at radius 3 is 2.37 bits per heavy atom. The minimum atomic E-state index is -0.791. The van der Waals surface area contributed by atoms with Gasteiger partial charge in [0.25, 0.3) is 0 Å². The third-order valence-corrected chi connectivity index (χ3v) is 5.84. The van der Waals surface area contributed by atoms with Crippen molar-refractivity contribution in [1.82, 2.24) is 15.1 Å². The van der Waals surface area contributed by atoms with E-state index in [0.717, 1.165) is 45.2 Å². The predicted molar refractivity (Wildman–Crippen MR) is 107 cm³/mol. The van der Waals surface area contributed by atoms with E-state index in [0.29, 0.717) is 6.54 Å². The molecule has 3 rings (SSSR count). The molecule has 1 amide bonds. The number of halogens is 1. The van der Waals surface area contributed by atoms with Crippen LogP contribution in [0.4, 0.5) is 0 Å². The lowest BCUT2D eigenvalue weighted by Gasteiger charge is -2.44. The van der Waals surface area contributed by atoms with Gasteiger partial charge in [0, 0.05) is 19.1 Å². The molecule has 1 aromatic rings.